The number of amides is 4. The van der Waals surface area contributed by atoms with Crippen molar-refractivity contribution in [1.29, 1.82) is 0 Å². The van der Waals surface area contributed by atoms with Crippen LogP contribution in [0.4, 0.5) is 0 Å². The molecule has 0 aliphatic carbocycles. The first-order valence-electron chi connectivity index (χ1n) is 9.73. The van der Waals surface area contributed by atoms with E-state index >= 15 is 0 Å². The highest BCUT2D eigenvalue weighted by molar-refractivity contribution is 5.97. The second-order valence-corrected chi connectivity index (χ2v) is 6.93. The summed E-state index contributed by atoms with van der Waals surface area (Å²) in [6.07, 6.45) is -2.14. The fraction of sp³-hybridized carbons (Fsp3) is 0.588. The molecule has 0 heterocycles. The van der Waals surface area contributed by atoms with E-state index in [2.05, 4.69) is 0 Å². The predicted octanol–water partition coefficient (Wildman–Crippen LogP) is -6.74. The van der Waals surface area contributed by atoms with Gasteiger partial charge in [-0.15, -0.1) is 0 Å². The standard InChI is InChI=1S/C17H27N5O13/c18-6(3-23)13(30)21-9(4-24)16(33)22-10(5-25)15(32)19-7(1-11(26)27)14(31)20-8(17(34)35)2-12(28)29/h6-10,23-25H,1-5,18H2,(H,19,32)(H,20,31)(H,21,30)(H,22,33)(H,26,27)(H,28,29)(H,34,35)/t6-,7-,8-,9-,10-/m0/s1. The van der Waals surface area contributed by atoms with E-state index in [1.54, 1.807) is 5.32 Å². The van der Waals surface area contributed by atoms with Gasteiger partial charge in [0.2, 0.25) is 23.6 Å². The Labute approximate surface area is 196 Å². The molecule has 12 N–H and O–H groups in total. The second-order valence-electron chi connectivity index (χ2n) is 6.93. The van der Waals surface area contributed by atoms with Crippen LogP contribution < -0.4 is 27.0 Å². The van der Waals surface area contributed by atoms with Gasteiger partial charge in [0.1, 0.15) is 30.2 Å². The number of hydrogen-bond donors (Lipinski definition) is 11. The Balaban J connectivity index is 5.43. The Hall–Kier alpha value is -3.87. The molecule has 4 amide bonds. The highest BCUT2D eigenvalue weighted by Gasteiger charge is 2.33. The third kappa shape index (κ3) is 11.2. The first kappa shape index (κ1) is 31.1. The molecule has 0 fully saturated rings. The van der Waals surface area contributed by atoms with Crippen molar-refractivity contribution in [1.82, 2.24) is 21.3 Å². The lowest BCUT2D eigenvalue weighted by molar-refractivity contribution is -0.148. The van der Waals surface area contributed by atoms with E-state index in [0.29, 0.717) is 0 Å². The number of nitrogens with two attached hydrogens (primary N) is 1. The monoisotopic (exact) mass is 509 g/mol. The Morgan fingerprint density at radius 2 is 0.886 bits per heavy atom. The summed E-state index contributed by atoms with van der Waals surface area (Å²) in [7, 11) is 0. The molecule has 0 aliphatic heterocycles. The van der Waals surface area contributed by atoms with Crippen molar-refractivity contribution in [2.24, 2.45) is 5.73 Å². The minimum atomic E-state index is -1.96. The van der Waals surface area contributed by atoms with Gasteiger partial charge in [-0.25, -0.2) is 4.79 Å². The molecule has 0 spiro atoms. The molecule has 0 bridgehead atoms. The van der Waals surface area contributed by atoms with Crippen molar-refractivity contribution in [2.75, 3.05) is 19.8 Å². The van der Waals surface area contributed by atoms with E-state index in [-0.39, 0.29) is 0 Å². The van der Waals surface area contributed by atoms with Gasteiger partial charge in [-0.3, -0.25) is 28.8 Å². The number of carbonyl (C=O) groups is 7. The molecular formula is C17H27N5O13. The van der Waals surface area contributed by atoms with E-state index in [0.717, 1.165) is 0 Å². The molecule has 35 heavy (non-hydrogen) atoms. The van der Waals surface area contributed by atoms with E-state index in [4.69, 9.17) is 26.2 Å². The number of aliphatic hydroxyl groups is 3. The van der Waals surface area contributed by atoms with Crippen LogP contribution in [-0.4, -0.2) is 122 Å². The van der Waals surface area contributed by atoms with Crippen molar-refractivity contribution in [3.05, 3.63) is 0 Å². The van der Waals surface area contributed by atoms with Gasteiger partial charge in [-0.05, 0) is 0 Å². The lowest BCUT2D eigenvalue weighted by Gasteiger charge is -2.24. The number of carbonyl (C=O) groups excluding carboxylic acids is 4. The Bertz CT molecular complexity index is 820. The van der Waals surface area contributed by atoms with Gasteiger partial charge < -0.3 is 57.6 Å². The van der Waals surface area contributed by atoms with Gasteiger partial charge in [0, 0.05) is 0 Å². The van der Waals surface area contributed by atoms with E-state index < -0.39 is 104 Å². The van der Waals surface area contributed by atoms with Crippen LogP contribution in [0.15, 0.2) is 0 Å². The summed E-state index contributed by atoms with van der Waals surface area (Å²) in [4.78, 5) is 81.5. The van der Waals surface area contributed by atoms with Crippen LogP contribution in [0, 0.1) is 0 Å². The Morgan fingerprint density at radius 3 is 1.26 bits per heavy atom. The van der Waals surface area contributed by atoms with Crippen molar-refractivity contribution in [3.8, 4) is 0 Å². The summed E-state index contributed by atoms with van der Waals surface area (Å²) >= 11 is 0. The van der Waals surface area contributed by atoms with Gasteiger partial charge in [0.15, 0.2) is 0 Å². The number of rotatable bonds is 16. The largest absolute Gasteiger partial charge is 0.481 e. The van der Waals surface area contributed by atoms with Crippen LogP contribution in [0.1, 0.15) is 12.8 Å². The molecule has 0 saturated heterocycles. The molecule has 18 nitrogen and oxygen atoms in total. The number of carboxylic acid groups (broad SMARTS) is 3. The molecule has 0 radical (unpaired) electrons. The number of carboxylic acids is 3. The van der Waals surface area contributed by atoms with Crippen LogP contribution in [0.25, 0.3) is 0 Å². The normalized spacial score (nSPS) is 14.9. The van der Waals surface area contributed by atoms with Gasteiger partial charge in [-0.1, -0.05) is 0 Å². The summed E-state index contributed by atoms with van der Waals surface area (Å²) < 4.78 is 0. The van der Waals surface area contributed by atoms with Crippen molar-refractivity contribution >= 4 is 41.5 Å². The molecular weight excluding hydrogens is 482 g/mol. The summed E-state index contributed by atoms with van der Waals surface area (Å²) in [5.41, 5.74) is 5.26. The molecule has 5 atom stereocenters. The molecule has 0 rings (SSSR count). The Morgan fingerprint density at radius 1 is 0.543 bits per heavy atom. The number of aliphatic carboxylic acids is 3. The summed E-state index contributed by atoms with van der Waals surface area (Å²) in [5.74, 6) is -9.89. The van der Waals surface area contributed by atoms with Gasteiger partial charge in [-0.2, -0.15) is 0 Å². The van der Waals surface area contributed by atoms with Crippen LogP contribution in [-0.2, 0) is 33.6 Å². The zero-order valence-electron chi connectivity index (χ0n) is 18.0. The zero-order valence-corrected chi connectivity index (χ0v) is 18.0. The first-order valence-corrected chi connectivity index (χ1v) is 9.73. The van der Waals surface area contributed by atoms with Crippen LogP contribution in [0.5, 0.6) is 0 Å². The summed E-state index contributed by atoms with van der Waals surface area (Å²) in [5, 5.41) is 61.8. The molecule has 0 saturated carbocycles. The predicted molar refractivity (Wildman–Crippen MR) is 109 cm³/mol. The minimum absolute atomic E-state index is 0.782. The van der Waals surface area contributed by atoms with Gasteiger partial charge >= 0.3 is 17.9 Å². The van der Waals surface area contributed by atoms with Gasteiger partial charge in [0.25, 0.3) is 0 Å². The summed E-state index contributed by atoms with van der Waals surface area (Å²) in [6, 6.07) is -8.84. The summed E-state index contributed by atoms with van der Waals surface area (Å²) in [6.45, 7) is -2.87. The fourth-order valence-corrected chi connectivity index (χ4v) is 2.33. The fourth-order valence-electron chi connectivity index (χ4n) is 2.33. The van der Waals surface area contributed by atoms with E-state index in [1.807, 2.05) is 16.0 Å². The lowest BCUT2D eigenvalue weighted by Crippen LogP contribution is -2.60. The maximum atomic E-state index is 12.4. The number of aliphatic hydroxyl groups excluding tert-OH is 3. The molecule has 0 aromatic rings. The van der Waals surface area contributed by atoms with Gasteiger partial charge in [0.05, 0.1) is 32.7 Å². The highest BCUT2D eigenvalue weighted by atomic mass is 16.4. The van der Waals surface area contributed by atoms with Crippen LogP contribution in [0.3, 0.4) is 0 Å². The topological polar surface area (TPSA) is 315 Å². The maximum Gasteiger partial charge on any atom is 0.326 e. The third-order valence-corrected chi connectivity index (χ3v) is 4.17. The second kappa shape index (κ2) is 15.1. The molecule has 0 aliphatic rings. The third-order valence-electron chi connectivity index (χ3n) is 4.17. The molecule has 198 valence electrons. The molecule has 0 unspecified atom stereocenters. The average Bonchev–Trinajstić information content (AvgIpc) is 2.78. The van der Waals surface area contributed by atoms with E-state index in [9.17, 15) is 43.8 Å². The van der Waals surface area contributed by atoms with Crippen LogP contribution >= 0.6 is 0 Å². The first-order chi connectivity index (χ1) is 16.3. The minimum Gasteiger partial charge on any atom is -0.481 e. The smallest absolute Gasteiger partial charge is 0.326 e. The maximum absolute atomic E-state index is 12.4. The van der Waals surface area contributed by atoms with Crippen molar-refractivity contribution in [2.45, 2.75) is 43.1 Å². The highest BCUT2D eigenvalue weighted by Crippen LogP contribution is 2.00. The average molecular weight is 509 g/mol. The lowest BCUT2D eigenvalue weighted by atomic mass is 10.1. The Kier molecular flexibility index (Phi) is 13.4. The van der Waals surface area contributed by atoms with Crippen LogP contribution in [0.2, 0.25) is 0 Å². The number of hydrogen-bond acceptors (Lipinski definition) is 11. The zero-order chi connectivity index (χ0) is 27.3. The quantitative estimate of drug-likeness (QED) is 0.0921. The molecule has 0 aromatic heterocycles. The molecule has 0 aromatic carbocycles. The van der Waals surface area contributed by atoms with Crippen molar-refractivity contribution in [3.63, 3.8) is 0 Å². The van der Waals surface area contributed by atoms with Crippen molar-refractivity contribution < 1.29 is 64.2 Å². The SMILES string of the molecule is N[C@@H](CO)C(=O)N[C@@H](CO)C(=O)N[C@@H](CO)C(=O)N[C@@H](CC(=O)O)C(=O)N[C@@H](CC(=O)O)C(=O)O. The van der Waals surface area contributed by atoms with E-state index in [1.165, 1.54) is 0 Å². The number of nitrogens with one attached hydrogen (secondary N) is 4. The molecule has 18 heteroatoms.